The van der Waals surface area contributed by atoms with Crippen molar-refractivity contribution in [3.63, 3.8) is 0 Å². The third-order valence-electron chi connectivity index (χ3n) is 5.60. The van der Waals surface area contributed by atoms with Crippen LogP contribution in [0.25, 0.3) is 33.2 Å². The molecular formula is C25H19F3N4. The quantitative estimate of drug-likeness (QED) is 0.335. The number of rotatable bonds is 4. The molecule has 1 N–H and O–H groups in total. The standard InChI is InChI=1S/C25H19F3N4/c1-14(15-9-5-3-6-10-15)29-24-19(26)17-13-18-22(16-11-7-4-8-12-16)31-32(2)25(18)30-23(17)20(27)21(24)28/h3-14,29H,1-2H3. The SMILES string of the molecule is CC(Nc1c(F)c(F)c2nc3c(cc2c1F)c(-c1ccccc1)nn3C)c1ccccc1. The van der Waals surface area contributed by atoms with Crippen molar-refractivity contribution in [1.29, 1.82) is 0 Å². The van der Waals surface area contributed by atoms with Crippen LogP contribution in [0.3, 0.4) is 0 Å². The van der Waals surface area contributed by atoms with Crippen molar-refractivity contribution in [1.82, 2.24) is 14.8 Å². The number of fused-ring (bicyclic) bond motifs is 2. The highest BCUT2D eigenvalue weighted by Gasteiger charge is 2.25. The van der Waals surface area contributed by atoms with Gasteiger partial charge in [0.15, 0.2) is 23.1 Å². The van der Waals surface area contributed by atoms with Gasteiger partial charge < -0.3 is 5.32 Å². The zero-order valence-corrected chi connectivity index (χ0v) is 17.4. The van der Waals surface area contributed by atoms with Crippen LogP contribution in [-0.2, 0) is 7.05 Å². The molecule has 32 heavy (non-hydrogen) atoms. The Labute approximate surface area is 182 Å². The lowest BCUT2D eigenvalue weighted by Gasteiger charge is -2.18. The number of nitrogens with zero attached hydrogens (tertiary/aromatic N) is 3. The predicted octanol–water partition coefficient (Wildman–Crippen LogP) is 6.38. The molecule has 7 heteroatoms. The van der Waals surface area contributed by atoms with E-state index in [0.717, 1.165) is 11.1 Å². The van der Waals surface area contributed by atoms with Gasteiger partial charge in [-0.25, -0.2) is 22.8 Å². The van der Waals surface area contributed by atoms with Gasteiger partial charge in [0.05, 0.1) is 0 Å². The topological polar surface area (TPSA) is 42.7 Å². The van der Waals surface area contributed by atoms with Gasteiger partial charge in [0.1, 0.15) is 16.9 Å². The Morgan fingerprint density at radius 2 is 1.50 bits per heavy atom. The van der Waals surface area contributed by atoms with Gasteiger partial charge in [-0.3, -0.25) is 0 Å². The van der Waals surface area contributed by atoms with E-state index < -0.39 is 29.2 Å². The average molecular weight is 432 g/mol. The van der Waals surface area contributed by atoms with E-state index in [0.29, 0.717) is 16.7 Å². The number of hydrogen-bond acceptors (Lipinski definition) is 3. The predicted molar refractivity (Wildman–Crippen MR) is 120 cm³/mol. The van der Waals surface area contributed by atoms with Crippen molar-refractivity contribution in [3.05, 3.63) is 89.7 Å². The Bertz CT molecular complexity index is 1450. The molecule has 0 bridgehead atoms. The van der Waals surface area contributed by atoms with E-state index in [1.54, 1.807) is 14.0 Å². The Morgan fingerprint density at radius 1 is 0.844 bits per heavy atom. The van der Waals surface area contributed by atoms with Gasteiger partial charge in [-0.2, -0.15) is 5.10 Å². The first-order chi connectivity index (χ1) is 15.5. The molecule has 1 unspecified atom stereocenters. The Morgan fingerprint density at radius 3 is 2.19 bits per heavy atom. The number of nitrogens with one attached hydrogen (secondary N) is 1. The van der Waals surface area contributed by atoms with E-state index in [2.05, 4.69) is 15.4 Å². The highest BCUT2D eigenvalue weighted by atomic mass is 19.2. The number of anilines is 1. The maximum atomic E-state index is 15.5. The minimum atomic E-state index is -1.30. The fourth-order valence-electron chi connectivity index (χ4n) is 3.93. The molecule has 0 aliphatic carbocycles. The number of benzene rings is 3. The monoisotopic (exact) mass is 432 g/mol. The molecule has 0 radical (unpaired) electrons. The van der Waals surface area contributed by atoms with Crippen LogP contribution in [0.2, 0.25) is 0 Å². The van der Waals surface area contributed by atoms with Crippen molar-refractivity contribution in [2.24, 2.45) is 7.05 Å². The van der Waals surface area contributed by atoms with Gasteiger partial charge in [-0.1, -0.05) is 60.7 Å². The molecule has 0 aliphatic rings. The molecule has 1 atom stereocenters. The van der Waals surface area contributed by atoms with E-state index in [1.165, 1.54) is 10.7 Å². The van der Waals surface area contributed by atoms with Crippen molar-refractivity contribution in [2.75, 3.05) is 5.32 Å². The molecule has 160 valence electrons. The normalized spacial score (nSPS) is 12.4. The second-order valence-electron chi connectivity index (χ2n) is 7.69. The summed E-state index contributed by atoms with van der Waals surface area (Å²) < 4.78 is 46.9. The van der Waals surface area contributed by atoms with Crippen molar-refractivity contribution < 1.29 is 13.2 Å². The molecule has 0 spiro atoms. The highest BCUT2D eigenvalue weighted by Crippen LogP contribution is 2.36. The maximum Gasteiger partial charge on any atom is 0.187 e. The van der Waals surface area contributed by atoms with Gasteiger partial charge in [0, 0.05) is 29.4 Å². The van der Waals surface area contributed by atoms with E-state index in [9.17, 15) is 4.39 Å². The molecule has 0 saturated carbocycles. The molecule has 4 nitrogen and oxygen atoms in total. The fourth-order valence-corrected chi connectivity index (χ4v) is 3.93. The molecule has 0 saturated heterocycles. The van der Waals surface area contributed by atoms with Gasteiger partial charge in [-0.15, -0.1) is 0 Å². The number of aryl methyl sites for hydroxylation is 1. The van der Waals surface area contributed by atoms with Crippen LogP contribution >= 0.6 is 0 Å². The molecule has 5 aromatic rings. The number of hydrogen-bond donors (Lipinski definition) is 1. The number of halogens is 3. The summed E-state index contributed by atoms with van der Waals surface area (Å²) in [5.41, 5.74) is 1.68. The van der Waals surface area contributed by atoms with E-state index >= 15 is 8.78 Å². The van der Waals surface area contributed by atoms with Crippen molar-refractivity contribution >= 4 is 27.6 Å². The lowest BCUT2D eigenvalue weighted by molar-refractivity contribution is 0.506. The zero-order chi connectivity index (χ0) is 22.4. The summed E-state index contributed by atoms with van der Waals surface area (Å²) in [6, 6.07) is 19.6. The second kappa shape index (κ2) is 7.67. The number of aromatic nitrogens is 3. The summed E-state index contributed by atoms with van der Waals surface area (Å²) in [5, 5.41) is 7.71. The molecular weight excluding hydrogens is 413 g/mol. The minimum Gasteiger partial charge on any atom is -0.374 e. The maximum absolute atomic E-state index is 15.5. The molecule has 2 aromatic heterocycles. The summed E-state index contributed by atoms with van der Waals surface area (Å²) in [4.78, 5) is 4.24. The molecule has 0 aliphatic heterocycles. The average Bonchev–Trinajstić information content (AvgIpc) is 3.16. The van der Waals surface area contributed by atoms with Gasteiger partial charge in [0.25, 0.3) is 0 Å². The van der Waals surface area contributed by atoms with Gasteiger partial charge in [0.2, 0.25) is 0 Å². The molecule has 5 rings (SSSR count). The van der Waals surface area contributed by atoms with Gasteiger partial charge >= 0.3 is 0 Å². The summed E-state index contributed by atoms with van der Waals surface area (Å²) in [5.74, 6) is -3.39. The number of pyridine rings is 1. The highest BCUT2D eigenvalue weighted by molar-refractivity contribution is 6.00. The van der Waals surface area contributed by atoms with Crippen LogP contribution < -0.4 is 5.32 Å². The first kappa shape index (κ1) is 20.1. The summed E-state index contributed by atoms with van der Waals surface area (Å²) >= 11 is 0. The molecule has 3 aromatic carbocycles. The fraction of sp³-hybridized carbons (Fsp3) is 0.120. The Hall–Kier alpha value is -3.87. The van der Waals surface area contributed by atoms with Crippen LogP contribution in [0.4, 0.5) is 18.9 Å². The van der Waals surface area contributed by atoms with Crippen LogP contribution in [0.1, 0.15) is 18.5 Å². The van der Waals surface area contributed by atoms with Crippen LogP contribution in [-0.4, -0.2) is 14.8 Å². The van der Waals surface area contributed by atoms with Crippen LogP contribution in [0.15, 0.2) is 66.7 Å². The van der Waals surface area contributed by atoms with Crippen LogP contribution in [0.5, 0.6) is 0 Å². The van der Waals surface area contributed by atoms with Crippen molar-refractivity contribution in [3.8, 4) is 11.3 Å². The first-order valence-electron chi connectivity index (χ1n) is 10.2. The van der Waals surface area contributed by atoms with E-state index in [4.69, 9.17) is 0 Å². The minimum absolute atomic E-state index is 0.107. The third-order valence-corrected chi connectivity index (χ3v) is 5.60. The van der Waals surface area contributed by atoms with Gasteiger partial charge in [-0.05, 0) is 18.6 Å². The molecule has 2 heterocycles. The summed E-state index contributed by atoms with van der Waals surface area (Å²) in [6.45, 7) is 1.76. The Balaban J connectivity index is 1.71. The summed E-state index contributed by atoms with van der Waals surface area (Å²) in [6.07, 6.45) is 0. The third kappa shape index (κ3) is 3.17. The zero-order valence-electron chi connectivity index (χ0n) is 17.4. The van der Waals surface area contributed by atoms with Crippen molar-refractivity contribution in [2.45, 2.75) is 13.0 Å². The van der Waals surface area contributed by atoms with E-state index in [1.807, 2.05) is 60.7 Å². The first-order valence-corrected chi connectivity index (χ1v) is 10.2. The van der Waals surface area contributed by atoms with Crippen LogP contribution in [0, 0.1) is 17.5 Å². The lowest BCUT2D eigenvalue weighted by Crippen LogP contribution is -2.11. The Kier molecular flexibility index (Phi) is 4.81. The smallest absolute Gasteiger partial charge is 0.187 e. The second-order valence-corrected chi connectivity index (χ2v) is 7.69. The molecule has 0 amide bonds. The summed E-state index contributed by atoms with van der Waals surface area (Å²) in [7, 11) is 1.66. The lowest BCUT2D eigenvalue weighted by atomic mass is 10.1. The largest absolute Gasteiger partial charge is 0.374 e. The molecule has 0 fully saturated rings. The van der Waals surface area contributed by atoms with E-state index in [-0.39, 0.29) is 10.9 Å².